The molecule has 0 fully saturated rings. The van der Waals surface area contributed by atoms with Crippen LogP contribution in [0.1, 0.15) is 22.0 Å². The van der Waals surface area contributed by atoms with Crippen LogP contribution >= 0.6 is 0 Å². The minimum absolute atomic E-state index is 0.206. The molecule has 1 aromatic carbocycles. The maximum atomic E-state index is 10.4. The Kier molecular flexibility index (Phi) is 2.76. The third kappa shape index (κ3) is 2.13. The molecule has 0 spiro atoms. The number of aliphatic hydroxyl groups excluding tert-OH is 1. The van der Waals surface area contributed by atoms with Gasteiger partial charge in [0.15, 0.2) is 6.10 Å². The highest BCUT2D eigenvalue weighted by atomic mass is 16.4. The predicted molar refractivity (Wildman–Crippen MR) is 44.4 cm³/mol. The minimum atomic E-state index is -1.57. The SMILES string of the molecule is O=Cc1cccc(C(O)C(=O)O)c1. The van der Waals surface area contributed by atoms with Crippen molar-refractivity contribution in [3.8, 4) is 0 Å². The summed E-state index contributed by atoms with van der Waals surface area (Å²) in [7, 11) is 0. The van der Waals surface area contributed by atoms with Gasteiger partial charge in [0, 0.05) is 5.56 Å². The van der Waals surface area contributed by atoms with Gasteiger partial charge in [-0.05, 0) is 11.6 Å². The number of carboxylic acid groups (broad SMARTS) is 1. The van der Waals surface area contributed by atoms with Gasteiger partial charge < -0.3 is 10.2 Å². The third-order valence-corrected chi connectivity index (χ3v) is 1.60. The Balaban J connectivity index is 3.01. The van der Waals surface area contributed by atoms with Crippen LogP contribution in [-0.2, 0) is 4.79 Å². The van der Waals surface area contributed by atoms with Gasteiger partial charge >= 0.3 is 5.97 Å². The van der Waals surface area contributed by atoms with Gasteiger partial charge in [0.25, 0.3) is 0 Å². The van der Waals surface area contributed by atoms with E-state index >= 15 is 0 Å². The molecule has 0 aliphatic rings. The largest absolute Gasteiger partial charge is 0.479 e. The summed E-state index contributed by atoms with van der Waals surface area (Å²) < 4.78 is 0. The molecule has 0 radical (unpaired) electrons. The summed E-state index contributed by atoms with van der Waals surface area (Å²) in [5, 5.41) is 17.6. The number of aliphatic hydroxyl groups is 1. The normalized spacial score (nSPS) is 12.1. The number of aldehydes is 1. The molecule has 0 aliphatic heterocycles. The lowest BCUT2D eigenvalue weighted by atomic mass is 10.1. The molecule has 68 valence electrons. The molecule has 0 saturated carbocycles. The van der Waals surface area contributed by atoms with Crippen LogP contribution in [0, 0.1) is 0 Å². The van der Waals surface area contributed by atoms with E-state index in [-0.39, 0.29) is 5.56 Å². The first kappa shape index (κ1) is 9.41. The lowest BCUT2D eigenvalue weighted by Crippen LogP contribution is -2.10. The average Bonchev–Trinajstić information content (AvgIpc) is 2.16. The molecule has 0 bridgehead atoms. The van der Waals surface area contributed by atoms with E-state index in [2.05, 4.69) is 0 Å². The highest BCUT2D eigenvalue weighted by Crippen LogP contribution is 2.13. The Morgan fingerprint density at radius 2 is 2.15 bits per heavy atom. The van der Waals surface area contributed by atoms with Gasteiger partial charge in [-0.15, -0.1) is 0 Å². The Labute approximate surface area is 74.4 Å². The summed E-state index contributed by atoms with van der Waals surface area (Å²) in [6, 6.07) is 5.84. The van der Waals surface area contributed by atoms with Crippen LogP contribution < -0.4 is 0 Å². The van der Waals surface area contributed by atoms with Crippen molar-refractivity contribution in [3.05, 3.63) is 35.4 Å². The number of aliphatic carboxylic acids is 1. The molecule has 4 heteroatoms. The number of carboxylic acids is 1. The first-order chi connectivity index (χ1) is 6.15. The van der Waals surface area contributed by atoms with Crippen molar-refractivity contribution >= 4 is 12.3 Å². The van der Waals surface area contributed by atoms with Gasteiger partial charge in [-0.25, -0.2) is 4.79 Å². The van der Waals surface area contributed by atoms with Crippen LogP contribution in [0.3, 0.4) is 0 Å². The quantitative estimate of drug-likeness (QED) is 0.668. The minimum Gasteiger partial charge on any atom is -0.479 e. The molecule has 4 nitrogen and oxygen atoms in total. The van der Waals surface area contributed by atoms with E-state index < -0.39 is 12.1 Å². The number of rotatable bonds is 3. The Morgan fingerprint density at radius 3 is 2.69 bits per heavy atom. The summed E-state index contributed by atoms with van der Waals surface area (Å²) in [5.41, 5.74) is 0.551. The van der Waals surface area contributed by atoms with E-state index in [1.807, 2.05) is 0 Å². The number of carbonyl (C=O) groups is 2. The topological polar surface area (TPSA) is 74.6 Å². The van der Waals surface area contributed by atoms with Crippen LogP contribution in [0.2, 0.25) is 0 Å². The van der Waals surface area contributed by atoms with Crippen molar-refractivity contribution in [3.63, 3.8) is 0 Å². The van der Waals surface area contributed by atoms with Crippen LogP contribution in [0.5, 0.6) is 0 Å². The molecule has 0 heterocycles. The second-order valence-corrected chi connectivity index (χ2v) is 2.53. The predicted octanol–water partition coefficient (Wildman–Crippen LogP) is 0.617. The van der Waals surface area contributed by atoms with Crippen LogP contribution in [-0.4, -0.2) is 22.5 Å². The van der Waals surface area contributed by atoms with E-state index in [0.29, 0.717) is 11.8 Å². The molecule has 0 aliphatic carbocycles. The van der Waals surface area contributed by atoms with E-state index in [0.717, 1.165) is 0 Å². The maximum Gasteiger partial charge on any atom is 0.337 e. The molecule has 2 N–H and O–H groups in total. The molecule has 13 heavy (non-hydrogen) atoms. The van der Waals surface area contributed by atoms with E-state index in [4.69, 9.17) is 10.2 Å². The Bertz CT molecular complexity index is 332. The van der Waals surface area contributed by atoms with Crippen LogP contribution in [0.4, 0.5) is 0 Å². The average molecular weight is 180 g/mol. The van der Waals surface area contributed by atoms with Gasteiger partial charge in [-0.2, -0.15) is 0 Å². The Hall–Kier alpha value is -1.68. The molecule has 0 saturated heterocycles. The van der Waals surface area contributed by atoms with Crippen molar-refractivity contribution in [2.24, 2.45) is 0 Å². The summed E-state index contributed by atoms with van der Waals surface area (Å²) in [6.07, 6.45) is -0.974. The van der Waals surface area contributed by atoms with Crippen molar-refractivity contribution < 1.29 is 19.8 Å². The van der Waals surface area contributed by atoms with Crippen LogP contribution in [0.15, 0.2) is 24.3 Å². The van der Waals surface area contributed by atoms with Crippen molar-refractivity contribution in [2.75, 3.05) is 0 Å². The van der Waals surface area contributed by atoms with Crippen molar-refractivity contribution in [1.29, 1.82) is 0 Å². The van der Waals surface area contributed by atoms with Gasteiger partial charge in [0.05, 0.1) is 0 Å². The zero-order chi connectivity index (χ0) is 9.84. The number of hydrogen-bond donors (Lipinski definition) is 2. The fourth-order valence-electron chi connectivity index (χ4n) is 0.945. The fourth-order valence-corrected chi connectivity index (χ4v) is 0.945. The second kappa shape index (κ2) is 3.82. The molecule has 1 unspecified atom stereocenters. The van der Waals surface area contributed by atoms with Gasteiger partial charge in [-0.3, -0.25) is 4.79 Å². The highest BCUT2D eigenvalue weighted by molar-refractivity contribution is 5.78. The third-order valence-electron chi connectivity index (χ3n) is 1.60. The molecule has 1 atom stereocenters. The smallest absolute Gasteiger partial charge is 0.337 e. The lowest BCUT2D eigenvalue weighted by molar-refractivity contribution is -0.146. The van der Waals surface area contributed by atoms with Gasteiger partial charge in [0.2, 0.25) is 0 Å². The zero-order valence-corrected chi connectivity index (χ0v) is 6.68. The summed E-state index contributed by atoms with van der Waals surface area (Å²) in [6.45, 7) is 0. The number of benzene rings is 1. The number of hydrogen-bond acceptors (Lipinski definition) is 3. The molecular formula is C9H8O4. The van der Waals surface area contributed by atoms with E-state index in [1.54, 1.807) is 0 Å². The summed E-state index contributed by atoms with van der Waals surface area (Å²) >= 11 is 0. The molecule has 1 rings (SSSR count). The molecule has 0 aromatic heterocycles. The van der Waals surface area contributed by atoms with E-state index in [1.165, 1.54) is 24.3 Å². The first-order valence-corrected chi connectivity index (χ1v) is 3.61. The summed E-state index contributed by atoms with van der Waals surface area (Å²) in [4.78, 5) is 20.7. The zero-order valence-electron chi connectivity index (χ0n) is 6.68. The molecule has 0 amide bonds. The standard InChI is InChI=1S/C9H8O4/c10-5-6-2-1-3-7(4-6)8(11)9(12)13/h1-5,8,11H,(H,12,13). The lowest BCUT2D eigenvalue weighted by Gasteiger charge is -2.04. The monoisotopic (exact) mass is 180 g/mol. The van der Waals surface area contributed by atoms with Crippen LogP contribution in [0.25, 0.3) is 0 Å². The fraction of sp³-hybridized carbons (Fsp3) is 0.111. The van der Waals surface area contributed by atoms with Gasteiger partial charge in [0.1, 0.15) is 6.29 Å². The highest BCUT2D eigenvalue weighted by Gasteiger charge is 2.15. The van der Waals surface area contributed by atoms with Gasteiger partial charge in [-0.1, -0.05) is 18.2 Å². The van der Waals surface area contributed by atoms with Crippen molar-refractivity contribution in [1.82, 2.24) is 0 Å². The number of carbonyl (C=O) groups excluding carboxylic acids is 1. The van der Waals surface area contributed by atoms with E-state index in [9.17, 15) is 9.59 Å². The van der Waals surface area contributed by atoms with Crippen molar-refractivity contribution in [2.45, 2.75) is 6.10 Å². The first-order valence-electron chi connectivity index (χ1n) is 3.61. The maximum absolute atomic E-state index is 10.4. The second-order valence-electron chi connectivity index (χ2n) is 2.53. The summed E-state index contributed by atoms with van der Waals surface area (Å²) in [5.74, 6) is -1.33. The molecule has 1 aromatic rings. The molecular weight excluding hydrogens is 172 g/mol. The Morgan fingerprint density at radius 1 is 1.46 bits per heavy atom.